The number of alkyl halides is 1. The molecule has 2 unspecified atom stereocenters. The first kappa shape index (κ1) is 33.0. The molecule has 3 N–H and O–H groups in total. The molecule has 1 saturated carbocycles. The topological polar surface area (TPSA) is 134 Å². The third kappa shape index (κ3) is 7.86. The molecular formula is C31H45FN4O6. The molecule has 0 radical (unpaired) electrons. The minimum Gasteiger partial charge on any atom is -0.447 e. The average Bonchev–Trinajstić information content (AvgIpc) is 3.49. The highest BCUT2D eigenvalue weighted by molar-refractivity contribution is 6.38. The summed E-state index contributed by atoms with van der Waals surface area (Å²) in [5, 5.41) is 8.03. The molecule has 11 heteroatoms. The fourth-order valence-corrected chi connectivity index (χ4v) is 5.96. The Morgan fingerprint density at radius 1 is 0.952 bits per heavy atom. The van der Waals surface area contributed by atoms with Crippen LogP contribution in [0.25, 0.3) is 0 Å². The molecule has 0 spiro atoms. The van der Waals surface area contributed by atoms with E-state index in [1.54, 1.807) is 34.6 Å². The molecule has 2 aliphatic rings. The Hall–Kier alpha value is -3.50. The van der Waals surface area contributed by atoms with Crippen LogP contribution in [0.1, 0.15) is 78.8 Å². The number of ketones is 1. The van der Waals surface area contributed by atoms with Crippen molar-refractivity contribution in [1.29, 1.82) is 0 Å². The molecule has 1 aromatic rings. The largest absolute Gasteiger partial charge is 0.447 e. The van der Waals surface area contributed by atoms with Crippen molar-refractivity contribution >= 4 is 29.6 Å². The molecule has 1 aromatic carbocycles. The minimum absolute atomic E-state index is 0.0222. The molecule has 10 nitrogen and oxygen atoms in total. The van der Waals surface area contributed by atoms with Gasteiger partial charge >= 0.3 is 6.09 Å². The number of alkyl carbamates (subject to hydrolysis) is 1. The van der Waals surface area contributed by atoms with Crippen molar-refractivity contribution in [1.82, 2.24) is 20.9 Å². The number of hydrogen-bond donors (Lipinski definition) is 3. The van der Waals surface area contributed by atoms with Gasteiger partial charge in [-0.1, -0.05) is 57.5 Å². The van der Waals surface area contributed by atoms with Crippen molar-refractivity contribution < 1.29 is 33.1 Å². The summed E-state index contributed by atoms with van der Waals surface area (Å²) in [6.45, 7) is 10.5. The number of carbonyl (C=O) groups excluding carboxylic acids is 5. The fourth-order valence-electron chi connectivity index (χ4n) is 5.96. The summed E-state index contributed by atoms with van der Waals surface area (Å²) in [7, 11) is 0. The van der Waals surface area contributed by atoms with Crippen LogP contribution in [0.15, 0.2) is 30.3 Å². The van der Waals surface area contributed by atoms with E-state index in [-0.39, 0.29) is 25.3 Å². The highest BCUT2D eigenvalue weighted by Gasteiger charge is 2.54. The summed E-state index contributed by atoms with van der Waals surface area (Å²) in [6, 6.07) is 5.63. The Kier molecular flexibility index (Phi) is 11.5. The van der Waals surface area contributed by atoms with Crippen LogP contribution in [-0.4, -0.2) is 71.4 Å². The zero-order chi connectivity index (χ0) is 31.1. The van der Waals surface area contributed by atoms with Gasteiger partial charge in [0.2, 0.25) is 17.6 Å². The van der Waals surface area contributed by atoms with Gasteiger partial charge in [0.25, 0.3) is 5.91 Å². The Balaban J connectivity index is 1.79. The van der Waals surface area contributed by atoms with Crippen LogP contribution in [0.4, 0.5) is 9.18 Å². The second-order valence-corrected chi connectivity index (χ2v) is 12.0. The van der Waals surface area contributed by atoms with Crippen LogP contribution < -0.4 is 16.0 Å². The maximum Gasteiger partial charge on any atom is 0.408 e. The lowest BCUT2D eigenvalue weighted by Gasteiger charge is -2.32. The number of hydrogen-bond acceptors (Lipinski definition) is 6. The van der Waals surface area contributed by atoms with Gasteiger partial charge < -0.3 is 25.6 Å². The second kappa shape index (κ2) is 14.6. The number of likely N-dealkylation sites (tertiary alicyclic amines) is 1. The maximum atomic E-state index is 14.9. The first-order valence-electron chi connectivity index (χ1n) is 15.0. The van der Waals surface area contributed by atoms with Crippen LogP contribution in [0, 0.1) is 17.8 Å². The SMILES string of the molecule is CCCC(NC(=O)C1[C@H]2CC[C@H](F)[C@H]2CN1C(=O)[C@@H](NC(=O)OC(C)C)C(C)C)C(=O)C(=O)N[C@@H](C)c1ccccc1. The number of halogens is 1. The van der Waals surface area contributed by atoms with Crippen molar-refractivity contribution in [2.24, 2.45) is 17.8 Å². The lowest BCUT2D eigenvalue weighted by molar-refractivity contribution is -0.144. The number of benzene rings is 1. The maximum absolute atomic E-state index is 14.9. The Labute approximate surface area is 247 Å². The molecule has 1 aliphatic carbocycles. The first-order valence-corrected chi connectivity index (χ1v) is 15.0. The van der Waals surface area contributed by atoms with Gasteiger partial charge in [-0.15, -0.1) is 0 Å². The third-order valence-electron chi connectivity index (χ3n) is 8.12. The molecule has 7 atom stereocenters. The van der Waals surface area contributed by atoms with Crippen molar-refractivity contribution in [2.75, 3.05) is 6.54 Å². The zero-order valence-corrected chi connectivity index (χ0v) is 25.4. The molecule has 1 aliphatic heterocycles. The van der Waals surface area contributed by atoms with Crippen molar-refractivity contribution in [3.8, 4) is 0 Å². The standard InChI is InChI=1S/C31H45FN4O6/c1-7-11-24(27(37)29(39)33-19(6)20-12-9-8-10-13-20)34-28(38)26-21-14-15-23(32)22(21)16-36(26)30(40)25(17(2)3)35-31(41)42-18(4)5/h8-10,12-13,17-19,21-26H,7,11,14-16H2,1-6H3,(H,33,39)(H,34,38)(H,35,41)/t19-,21-,22-,23-,24?,25-,26?/m0/s1. The lowest BCUT2D eigenvalue weighted by atomic mass is 9.92. The number of Topliss-reactive ketones (excluding diaryl/α,β-unsaturated/α-hetero) is 1. The lowest BCUT2D eigenvalue weighted by Crippen LogP contribution is -2.58. The molecule has 232 valence electrons. The van der Waals surface area contributed by atoms with E-state index in [9.17, 15) is 28.4 Å². The van der Waals surface area contributed by atoms with Gasteiger partial charge in [-0.2, -0.15) is 0 Å². The predicted octanol–water partition coefficient (Wildman–Crippen LogP) is 3.45. The Bertz CT molecular complexity index is 1130. The quantitative estimate of drug-likeness (QED) is 0.320. The summed E-state index contributed by atoms with van der Waals surface area (Å²) >= 11 is 0. The fraction of sp³-hybridized carbons (Fsp3) is 0.645. The van der Waals surface area contributed by atoms with Crippen LogP contribution >= 0.6 is 0 Å². The van der Waals surface area contributed by atoms with Crippen LogP contribution in [0.3, 0.4) is 0 Å². The van der Waals surface area contributed by atoms with Crippen molar-refractivity contribution in [3.05, 3.63) is 35.9 Å². The summed E-state index contributed by atoms with van der Waals surface area (Å²) in [5.41, 5.74) is 0.827. The van der Waals surface area contributed by atoms with E-state index in [4.69, 9.17) is 4.74 Å². The highest BCUT2D eigenvalue weighted by atomic mass is 19.1. The van der Waals surface area contributed by atoms with E-state index < -0.39 is 77.9 Å². The number of nitrogens with zero attached hydrogens (tertiary/aromatic N) is 1. The molecule has 0 aromatic heterocycles. The van der Waals surface area contributed by atoms with Crippen LogP contribution in [0.2, 0.25) is 0 Å². The highest BCUT2D eigenvalue weighted by Crippen LogP contribution is 2.44. The summed E-state index contributed by atoms with van der Waals surface area (Å²) < 4.78 is 20.0. The van der Waals surface area contributed by atoms with Gasteiger partial charge in [-0.3, -0.25) is 19.2 Å². The van der Waals surface area contributed by atoms with Gasteiger partial charge in [0.15, 0.2) is 0 Å². The van der Waals surface area contributed by atoms with Gasteiger partial charge in [-0.25, -0.2) is 9.18 Å². The predicted molar refractivity (Wildman–Crippen MR) is 155 cm³/mol. The van der Waals surface area contributed by atoms with Gasteiger partial charge in [-0.05, 0) is 57.4 Å². The van der Waals surface area contributed by atoms with Gasteiger partial charge in [0.1, 0.15) is 18.3 Å². The van der Waals surface area contributed by atoms with Crippen molar-refractivity contribution in [3.63, 3.8) is 0 Å². The van der Waals surface area contributed by atoms with Crippen molar-refractivity contribution in [2.45, 2.75) is 104 Å². The average molecular weight is 589 g/mol. The van der Waals surface area contributed by atoms with Gasteiger partial charge in [0, 0.05) is 12.5 Å². The monoisotopic (exact) mass is 588 g/mol. The second-order valence-electron chi connectivity index (χ2n) is 12.0. The van der Waals surface area contributed by atoms with E-state index in [1.807, 2.05) is 37.3 Å². The van der Waals surface area contributed by atoms with E-state index >= 15 is 0 Å². The minimum atomic E-state index is -1.17. The van der Waals surface area contributed by atoms with E-state index in [0.29, 0.717) is 12.8 Å². The van der Waals surface area contributed by atoms with Crippen LogP contribution in [0.5, 0.6) is 0 Å². The Morgan fingerprint density at radius 2 is 1.62 bits per heavy atom. The van der Waals surface area contributed by atoms with E-state index in [0.717, 1.165) is 5.56 Å². The summed E-state index contributed by atoms with van der Waals surface area (Å²) in [4.78, 5) is 67.4. The van der Waals surface area contributed by atoms with Gasteiger partial charge in [0.05, 0.1) is 18.2 Å². The third-order valence-corrected chi connectivity index (χ3v) is 8.12. The summed E-state index contributed by atoms with van der Waals surface area (Å²) in [5.74, 6) is -4.03. The molecule has 1 heterocycles. The smallest absolute Gasteiger partial charge is 0.408 e. The normalized spacial score (nSPS) is 23.6. The molecule has 4 amide bonds. The summed E-state index contributed by atoms with van der Waals surface area (Å²) in [6.07, 6.45) is -0.903. The number of rotatable bonds is 12. The number of ether oxygens (including phenoxy) is 1. The molecule has 0 bridgehead atoms. The molecule has 1 saturated heterocycles. The number of nitrogens with one attached hydrogen (secondary N) is 3. The molecule has 2 fully saturated rings. The Morgan fingerprint density at radius 3 is 2.21 bits per heavy atom. The molecule has 42 heavy (non-hydrogen) atoms. The van der Waals surface area contributed by atoms with E-state index in [2.05, 4.69) is 16.0 Å². The zero-order valence-electron chi connectivity index (χ0n) is 25.4. The van der Waals surface area contributed by atoms with E-state index in [1.165, 1.54) is 4.90 Å². The number of amides is 4. The first-order chi connectivity index (χ1) is 19.8. The molecule has 3 rings (SSSR count). The van der Waals surface area contributed by atoms with Crippen LogP contribution in [-0.2, 0) is 23.9 Å². The number of carbonyl (C=O) groups is 5. The molecular weight excluding hydrogens is 543 g/mol. The number of fused-ring (bicyclic) bond motifs is 1.